The van der Waals surface area contributed by atoms with E-state index in [0.717, 1.165) is 19.6 Å². The third-order valence-electron chi connectivity index (χ3n) is 4.16. The highest BCUT2D eigenvalue weighted by atomic mass is 15.1. The Kier molecular flexibility index (Phi) is 4.03. The average Bonchev–Trinajstić information content (AvgIpc) is 2.51. The molecule has 1 aliphatic heterocycles. The van der Waals surface area contributed by atoms with Crippen LogP contribution in [0.4, 0.5) is 5.69 Å². The van der Waals surface area contributed by atoms with Gasteiger partial charge in [0.25, 0.3) is 0 Å². The van der Waals surface area contributed by atoms with Crippen LogP contribution in [0.2, 0.25) is 0 Å². The Bertz CT molecular complexity index is 550. The van der Waals surface area contributed by atoms with Crippen LogP contribution in [0.15, 0.2) is 54.6 Å². The Labute approximate surface area is 121 Å². The van der Waals surface area contributed by atoms with E-state index >= 15 is 0 Å². The summed E-state index contributed by atoms with van der Waals surface area (Å²) in [5.74, 6) is 0.631. The van der Waals surface area contributed by atoms with E-state index in [-0.39, 0.29) is 0 Å². The quantitative estimate of drug-likeness (QED) is 0.912. The first-order valence-electron chi connectivity index (χ1n) is 7.39. The second-order valence-electron chi connectivity index (χ2n) is 5.58. The Morgan fingerprint density at radius 3 is 2.65 bits per heavy atom. The van der Waals surface area contributed by atoms with E-state index in [1.54, 1.807) is 0 Å². The van der Waals surface area contributed by atoms with Gasteiger partial charge in [0.15, 0.2) is 0 Å². The molecule has 20 heavy (non-hydrogen) atoms. The monoisotopic (exact) mass is 266 g/mol. The highest BCUT2D eigenvalue weighted by Gasteiger charge is 2.22. The second-order valence-corrected chi connectivity index (χ2v) is 5.58. The van der Waals surface area contributed by atoms with Crippen molar-refractivity contribution in [3.63, 3.8) is 0 Å². The molecule has 0 bridgehead atoms. The zero-order chi connectivity index (χ0) is 13.8. The largest absolute Gasteiger partial charge is 0.374 e. The smallest absolute Gasteiger partial charge is 0.0399 e. The maximum Gasteiger partial charge on any atom is 0.0399 e. The van der Waals surface area contributed by atoms with Gasteiger partial charge in [0.05, 0.1) is 0 Å². The Morgan fingerprint density at radius 2 is 1.80 bits per heavy atom. The molecule has 0 radical (unpaired) electrons. The minimum atomic E-state index is 0.631. The van der Waals surface area contributed by atoms with Crippen LogP contribution in [0.25, 0.3) is 0 Å². The van der Waals surface area contributed by atoms with Gasteiger partial charge in [-0.2, -0.15) is 0 Å². The third-order valence-corrected chi connectivity index (χ3v) is 4.16. The molecule has 3 rings (SSSR count). The van der Waals surface area contributed by atoms with Gasteiger partial charge in [-0.15, -0.1) is 0 Å². The molecular weight excluding hydrogens is 244 g/mol. The Balaban J connectivity index is 1.63. The zero-order valence-corrected chi connectivity index (χ0v) is 12.0. The van der Waals surface area contributed by atoms with Gasteiger partial charge in [-0.05, 0) is 23.6 Å². The molecule has 0 saturated heterocycles. The number of nitrogens with zero attached hydrogens (tertiary/aromatic N) is 1. The minimum absolute atomic E-state index is 0.631. The van der Waals surface area contributed by atoms with Crippen molar-refractivity contribution in [1.29, 1.82) is 0 Å². The summed E-state index contributed by atoms with van der Waals surface area (Å²) in [6.07, 6.45) is 1.23. The molecule has 2 heteroatoms. The van der Waals surface area contributed by atoms with Crippen molar-refractivity contribution in [2.45, 2.75) is 18.9 Å². The van der Waals surface area contributed by atoms with Crippen LogP contribution in [-0.4, -0.2) is 20.1 Å². The van der Waals surface area contributed by atoms with Gasteiger partial charge in [-0.3, -0.25) is 0 Å². The third kappa shape index (κ3) is 2.86. The maximum atomic E-state index is 3.61. The molecule has 104 valence electrons. The lowest BCUT2D eigenvalue weighted by Gasteiger charge is -2.33. The van der Waals surface area contributed by atoms with E-state index in [1.807, 2.05) is 0 Å². The SMILES string of the molecule is CN1CCC(CNCc2ccccc2)c2ccccc21. The molecule has 1 aliphatic rings. The van der Waals surface area contributed by atoms with Crippen LogP contribution in [0.3, 0.4) is 0 Å². The standard InChI is InChI=1S/C18H22N2/c1-20-12-11-16(17-9-5-6-10-18(17)20)14-19-13-15-7-3-2-4-8-15/h2-10,16,19H,11-14H2,1H3. The maximum absolute atomic E-state index is 3.61. The summed E-state index contributed by atoms with van der Waals surface area (Å²) in [5.41, 5.74) is 4.24. The van der Waals surface area contributed by atoms with Crippen molar-refractivity contribution >= 4 is 5.69 Å². The van der Waals surface area contributed by atoms with Gasteiger partial charge >= 0.3 is 0 Å². The number of hydrogen-bond acceptors (Lipinski definition) is 2. The Morgan fingerprint density at radius 1 is 1.05 bits per heavy atom. The van der Waals surface area contributed by atoms with Gasteiger partial charge in [0.1, 0.15) is 0 Å². The van der Waals surface area contributed by atoms with Crippen molar-refractivity contribution < 1.29 is 0 Å². The number of benzene rings is 2. The molecule has 1 atom stereocenters. The predicted octanol–water partition coefficient (Wildman–Crippen LogP) is 3.40. The summed E-state index contributed by atoms with van der Waals surface area (Å²) in [5, 5.41) is 3.61. The molecule has 0 aromatic heterocycles. The fourth-order valence-electron chi connectivity index (χ4n) is 3.00. The lowest BCUT2D eigenvalue weighted by atomic mass is 9.90. The van der Waals surface area contributed by atoms with Gasteiger partial charge in [0.2, 0.25) is 0 Å². The Hall–Kier alpha value is -1.80. The highest BCUT2D eigenvalue weighted by molar-refractivity contribution is 5.56. The van der Waals surface area contributed by atoms with E-state index in [9.17, 15) is 0 Å². The zero-order valence-electron chi connectivity index (χ0n) is 12.0. The molecule has 1 unspecified atom stereocenters. The summed E-state index contributed by atoms with van der Waals surface area (Å²) in [7, 11) is 2.19. The summed E-state index contributed by atoms with van der Waals surface area (Å²) in [6, 6.07) is 19.4. The number of fused-ring (bicyclic) bond motifs is 1. The first kappa shape index (κ1) is 13.2. The first-order chi connectivity index (χ1) is 9.84. The summed E-state index contributed by atoms with van der Waals surface area (Å²) >= 11 is 0. The van der Waals surface area contributed by atoms with Crippen molar-refractivity contribution in [2.75, 3.05) is 25.0 Å². The molecule has 0 amide bonds. The normalized spacial score (nSPS) is 17.9. The molecule has 1 heterocycles. The minimum Gasteiger partial charge on any atom is -0.374 e. The molecule has 1 N–H and O–H groups in total. The molecular formula is C18H22N2. The van der Waals surface area contributed by atoms with Gasteiger partial charge in [0, 0.05) is 38.3 Å². The number of hydrogen-bond donors (Lipinski definition) is 1. The molecule has 0 fully saturated rings. The van der Waals surface area contributed by atoms with Crippen LogP contribution < -0.4 is 10.2 Å². The summed E-state index contributed by atoms with van der Waals surface area (Å²) < 4.78 is 0. The van der Waals surface area contributed by atoms with Crippen molar-refractivity contribution in [3.8, 4) is 0 Å². The topological polar surface area (TPSA) is 15.3 Å². The van der Waals surface area contributed by atoms with Gasteiger partial charge in [-0.25, -0.2) is 0 Å². The number of nitrogens with one attached hydrogen (secondary N) is 1. The number of anilines is 1. The lowest BCUT2D eigenvalue weighted by Crippen LogP contribution is -2.31. The van der Waals surface area contributed by atoms with E-state index in [0.29, 0.717) is 5.92 Å². The summed E-state index contributed by atoms with van der Waals surface area (Å²) in [6.45, 7) is 3.16. The second kappa shape index (κ2) is 6.10. The molecule has 2 aromatic rings. The van der Waals surface area contributed by atoms with Gasteiger partial charge in [-0.1, -0.05) is 48.5 Å². The molecule has 2 aromatic carbocycles. The first-order valence-corrected chi connectivity index (χ1v) is 7.39. The predicted molar refractivity (Wildman–Crippen MR) is 85.2 cm³/mol. The average molecular weight is 266 g/mol. The van der Waals surface area contributed by atoms with Crippen LogP contribution in [0, 0.1) is 0 Å². The molecule has 2 nitrogen and oxygen atoms in total. The van der Waals surface area contributed by atoms with Crippen molar-refractivity contribution in [3.05, 3.63) is 65.7 Å². The fourth-order valence-corrected chi connectivity index (χ4v) is 3.00. The summed E-state index contributed by atoms with van der Waals surface area (Å²) in [4.78, 5) is 2.36. The lowest BCUT2D eigenvalue weighted by molar-refractivity contribution is 0.533. The van der Waals surface area contributed by atoms with E-state index in [2.05, 4.69) is 71.9 Å². The van der Waals surface area contributed by atoms with E-state index in [4.69, 9.17) is 0 Å². The van der Waals surface area contributed by atoms with Crippen LogP contribution >= 0.6 is 0 Å². The number of rotatable bonds is 4. The van der Waals surface area contributed by atoms with Gasteiger partial charge < -0.3 is 10.2 Å². The van der Waals surface area contributed by atoms with Crippen molar-refractivity contribution in [1.82, 2.24) is 5.32 Å². The molecule has 0 saturated carbocycles. The van der Waals surface area contributed by atoms with Crippen LogP contribution in [-0.2, 0) is 6.54 Å². The number of para-hydroxylation sites is 1. The fraction of sp³-hybridized carbons (Fsp3) is 0.333. The van der Waals surface area contributed by atoms with Crippen molar-refractivity contribution in [2.24, 2.45) is 0 Å². The molecule has 0 aliphatic carbocycles. The van der Waals surface area contributed by atoms with Crippen LogP contribution in [0.5, 0.6) is 0 Å². The van der Waals surface area contributed by atoms with E-state index < -0.39 is 0 Å². The van der Waals surface area contributed by atoms with E-state index in [1.165, 1.54) is 23.2 Å². The molecule has 0 spiro atoms. The highest BCUT2D eigenvalue weighted by Crippen LogP contribution is 2.33. The van der Waals surface area contributed by atoms with Crippen LogP contribution in [0.1, 0.15) is 23.5 Å².